The molecule has 0 atom stereocenters. The van der Waals surface area contributed by atoms with Crippen LogP contribution in [0.5, 0.6) is 0 Å². The second kappa shape index (κ2) is 12.3. The second-order valence-electron chi connectivity index (χ2n) is 10.6. The van der Waals surface area contributed by atoms with E-state index in [-0.39, 0.29) is 0 Å². The number of nitrogens with zero attached hydrogens (tertiary/aromatic N) is 3. The highest BCUT2D eigenvalue weighted by Gasteiger charge is 2.39. The number of carbonyl (C=O) groups excluding carboxylic acids is 1. The van der Waals surface area contributed by atoms with Crippen molar-refractivity contribution < 1.29 is 9.53 Å². The topological polar surface area (TPSA) is 57.0 Å². The van der Waals surface area contributed by atoms with Gasteiger partial charge in [0, 0.05) is 18.0 Å². The standard InChI is InChI=1S/C38H33N3O2/c1-3-43-37(42)36-24-31(28(2)25-39-36)23-29-19-21-30(22-20-29)32-26-40-41(27-32)38(33-13-7-4-8-14-33,34-15-9-5-10-16-34)35-17-11-6-12-18-35/h4-22,24-27H,3,23H2,1-2H3. The summed E-state index contributed by atoms with van der Waals surface area (Å²) in [6, 6.07) is 42.0. The molecule has 0 aliphatic rings. The van der Waals surface area contributed by atoms with Crippen LogP contribution in [-0.4, -0.2) is 27.3 Å². The first-order valence-electron chi connectivity index (χ1n) is 14.5. The van der Waals surface area contributed by atoms with E-state index in [4.69, 9.17) is 9.84 Å². The monoisotopic (exact) mass is 563 g/mol. The van der Waals surface area contributed by atoms with E-state index in [1.807, 2.05) is 37.4 Å². The maximum absolute atomic E-state index is 12.2. The van der Waals surface area contributed by atoms with Gasteiger partial charge in [-0.1, -0.05) is 115 Å². The summed E-state index contributed by atoms with van der Waals surface area (Å²) in [5, 5.41) is 5.00. The van der Waals surface area contributed by atoms with Gasteiger partial charge in [0.2, 0.25) is 0 Å². The Kier molecular flexibility index (Phi) is 7.96. The van der Waals surface area contributed by atoms with Crippen LogP contribution in [0.15, 0.2) is 140 Å². The van der Waals surface area contributed by atoms with Crippen molar-refractivity contribution in [2.45, 2.75) is 25.8 Å². The third-order valence-corrected chi connectivity index (χ3v) is 7.88. The van der Waals surface area contributed by atoms with E-state index in [0.29, 0.717) is 18.7 Å². The molecule has 0 unspecified atom stereocenters. The lowest BCUT2D eigenvalue weighted by atomic mass is 9.77. The molecular formula is C38H33N3O2. The predicted octanol–water partition coefficient (Wildman–Crippen LogP) is 7.86. The maximum atomic E-state index is 12.2. The summed E-state index contributed by atoms with van der Waals surface area (Å²) < 4.78 is 7.23. The molecule has 0 aliphatic carbocycles. The molecule has 0 bridgehead atoms. The maximum Gasteiger partial charge on any atom is 0.356 e. The molecule has 0 amide bonds. The minimum absolute atomic E-state index is 0.324. The lowest BCUT2D eigenvalue weighted by Gasteiger charge is -2.36. The fourth-order valence-electron chi connectivity index (χ4n) is 5.70. The molecule has 212 valence electrons. The molecule has 6 rings (SSSR count). The largest absolute Gasteiger partial charge is 0.461 e. The molecule has 0 saturated heterocycles. The summed E-state index contributed by atoms with van der Waals surface area (Å²) in [7, 11) is 0. The van der Waals surface area contributed by atoms with Gasteiger partial charge in [0.1, 0.15) is 11.2 Å². The Hall–Kier alpha value is -5.29. The average molecular weight is 564 g/mol. The third kappa shape index (κ3) is 5.50. The SMILES string of the molecule is CCOC(=O)c1cc(Cc2ccc(-c3cnn(C(c4ccccc4)(c4ccccc4)c4ccccc4)c3)cc2)c(C)cn1. The van der Waals surface area contributed by atoms with E-state index in [1.54, 1.807) is 13.1 Å². The number of hydrogen-bond acceptors (Lipinski definition) is 4. The highest BCUT2D eigenvalue weighted by atomic mass is 16.5. The van der Waals surface area contributed by atoms with Gasteiger partial charge in [-0.25, -0.2) is 9.78 Å². The zero-order valence-electron chi connectivity index (χ0n) is 24.4. The van der Waals surface area contributed by atoms with Crippen molar-refractivity contribution in [3.05, 3.63) is 179 Å². The Morgan fingerprint density at radius 2 is 1.30 bits per heavy atom. The molecule has 2 aromatic heterocycles. The smallest absolute Gasteiger partial charge is 0.356 e. The molecule has 0 N–H and O–H groups in total. The summed E-state index contributed by atoms with van der Waals surface area (Å²) in [5.74, 6) is -0.395. The van der Waals surface area contributed by atoms with Gasteiger partial charge in [-0.05, 0) is 65.3 Å². The predicted molar refractivity (Wildman–Crippen MR) is 170 cm³/mol. The van der Waals surface area contributed by atoms with Gasteiger partial charge in [0.15, 0.2) is 0 Å². The van der Waals surface area contributed by atoms with Crippen molar-refractivity contribution in [2.24, 2.45) is 0 Å². The number of hydrogen-bond donors (Lipinski definition) is 0. The van der Waals surface area contributed by atoms with Crippen LogP contribution in [0.4, 0.5) is 0 Å². The van der Waals surface area contributed by atoms with Gasteiger partial charge in [0.25, 0.3) is 0 Å². The van der Waals surface area contributed by atoms with Crippen molar-refractivity contribution in [1.29, 1.82) is 0 Å². The van der Waals surface area contributed by atoms with Crippen molar-refractivity contribution in [1.82, 2.24) is 14.8 Å². The van der Waals surface area contributed by atoms with E-state index in [9.17, 15) is 4.79 Å². The fraction of sp³-hybridized carbons (Fsp3) is 0.132. The van der Waals surface area contributed by atoms with Crippen LogP contribution in [0.3, 0.4) is 0 Å². The van der Waals surface area contributed by atoms with Crippen molar-refractivity contribution in [2.75, 3.05) is 6.61 Å². The molecule has 0 fully saturated rings. The van der Waals surface area contributed by atoms with Crippen LogP contribution in [0.1, 0.15) is 50.8 Å². The third-order valence-electron chi connectivity index (χ3n) is 7.88. The highest BCUT2D eigenvalue weighted by Crippen LogP contribution is 2.41. The molecule has 43 heavy (non-hydrogen) atoms. The van der Waals surface area contributed by atoms with Crippen LogP contribution in [0.25, 0.3) is 11.1 Å². The molecule has 2 heterocycles. The zero-order valence-corrected chi connectivity index (χ0v) is 24.4. The Morgan fingerprint density at radius 3 is 1.84 bits per heavy atom. The minimum atomic E-state index is -0.655. The fourth-order valence-corrected chi connectivity index (χ4v) is 5.70. The van der Waals surface area contributed by atoms with E-state index in [2.05, 4.69) is 113 Å². The molecule has 0 radical (unpaired) electrons. The average Bonchev–Trinajstić information content (AvgIpc) is 3.55. The Labute approximate surface area is 252 Å². The molecule has 0 saturated carbocycles. The first kappa shape index (κ1) is 27.9. The quantitative estimate of drug-likeness (QED) is 0.133. The number of aryl methyl sites for hydroxylation is 1. The summed E-state index contributed by atoms with van der Waals surface area (Å²) in [6.07, 6.45) is 6.51. The molecular weight excluding hydrogens is 530 g/mol. The van der Waals surface area contributed by atoms with Crippen LogP contribution in [0.2, 0.25) is 0 Å². The minimum Gasteiger partial charge on any atom is -0.461 e. The Bertz CT molecular complexity index is 1720. The van der Waals surface area contributed by atoms with Gasteiger partial charge < -0.3 is 4.74 Å². The summed E-state index contributed by atoms with van der Waals surface area (Å²) in [6.45, 7) is 4.13. The van der Waals surface area contributed by atoms with E-state index < -0.39 is 11.5 Å². The van der Waals surface area contributed by atoms with E-state index in [1.165, 1.54) is 0 Å². The summed E-state index contributed by atoms with van der Waals surface area (Å²) in [5.41, 5.74) is 8.43. The highest BCUT2D eigenvalue weighted by molar-refractivity contribution is 5.87. The first-order chi connectivity index (χ1) is 21.1. The number of aromatic nitrogens is 3. The Balaban J connectivity index is 1.37. The first-order valence-corrected chi connectivity index (χ1v) is 14.5. The molecule has 5 nitrogen and oxygen atoms in total. The molecule has 5 heteroatoms. The normalized spacial score (nSPS) is 11.3. The summed E-state index contributed by atoms with van der Waals surface area (Å²) >= 11 is 0. The van der Waals surface area contributed by atoms with Crippen molar-refractivity contribution in [3.63, 3.8) is 0 Å². The second-order valence-corrected chi connectivity index (χ2v) is 10.6. The molecule has 0 spiro atoms. The lowest BCUT2D eigenvalue weighted by Crippen LogP contribution is -2.38. The number of ether oxygens (including phenoxy) is 1. The number of carbonyl (C=O) groups is 1. The van der Waals surface area contributed by atoms with Crippen LogP contribution in [0, 0.1) is 6.92 Å². The van der Waals surface area contributed by atoms with Crippen molar-refractivity contribution >= 4 is 5.97 Å². The van der Waals surface area contributed by atoms with Crippen LogP contribution in [-0.2, 0) is 16.7 Å². The van der Waals surface area contributed by atoms with Gasteiger partial charge in [-0.3, -0.25) is 4.68 Å². The number of benzene rings is 4. The molecule has 4 aromatic carbocycles. The Morgan fingerprint density at radius 1 is 0.744 bits per heavy atom. The summed E-state index contributed by atoms with van der Waals surface area (Å²) in [4.78, 5) is 16.5. The van der Waals surface area contributed by atoms with E-state index >= 15 is 0 Å². The van der Waals surface area contributed by atoms with Crippen molar-refractivity contribution in [3.8, 4) is 11.1 Å². The lowest BCUT2D eigenvalue weighted by molar-refractivity contribution is 0.0519. The van der Waals surface area contributed by atoms with Gasteiger partial charge in [-0.15, -0.1) is 0 Å². The molecule has 6 aromatic rings. The van der Waals surface area contributed by atoms with E-state index in [0.717, 1.165) is 44.5 Å². The van der Waals surface area contributed by atoms with Gasteiger partial charge in [0.05, 0.1) is 12.8 Å². The molecule has 0 aliphatic heterocycles. The number of rotatable bonds is 9. The number of pyridine rings is 1. The zero-order chi connectivity index (χ0) is 29.6. The van der Waals surface area contributed by atoms with Crippen LogP contribution < -0.4 is 0 Å². The van der Waals surface area contributed by atoms with Gasteiger partial charge >= 0.3 is 5.97 Å². The van der Waals surface area contributed by atoms with Gasteiger partial charge in [-0.2, -0.15) is 5.10 Å². The number of esters is 1. The van der Waals surface area contributed by atoms with Crippen LogP contribution >= 0.6 is 0 Å².